The molecule has 0 spiro atoms. The maximum Gasteiger partial charge on any atom is 0.181 e. The predicted molar refractivity (Wildman–Crippen MR) is 202 cm³/mol. The van der Waals surface area contributed by atoms with Crippen molar-refractivity contribution >= 4 is 71.2 Å². The van der Waals surface area contributed by atoms with Crippen LogP contribution < -0.4 is 20.7 Å². The molecule has 0 aliphatic carbocycles. The van der Waals surface area contributed by atoms with Gasteiger partial charge in [-0.15, -0.1) is 17.8 Å². The molecule has 0 amide bonds. The first-order chi connectivity index (χ1) is 22.8. The molecular weight excluding hydrogens is 591 g/mol. The van der Waals surface area contributed by atoms with E-state index in [0.717, 1.165) is 35.0 Å². The molecule has 0 radical (unpaired) electrons. The van der Waals surface area contributed by atoms with E-state index in [4.69, 9.17) is 6.42 Å². The van der Waals surface area contributed by atoms with Crippen LogP contribution in [0.3, 0.4) is 0 Å². The van der Waals surface area contributed by atoms with Crippen molar-refractivity contribution in [2.45, 2.75) is 19.8 Å². The Hall–Kier alpha value is -5.14. The summed E-state index contributed by atoms with van der Waals surface area (Å²) in [5, 5.41) is 9.33. The number of fused-ring (bicyclic) bond motifs is 4. The fourth-order valence-corrected chi connectivity index (χ4v) is 14.1. The van der Waals surface area contributed by atoms with Crippen LogP contribution in [0.25, 0.3) is 36.8 Å². The third kappa shape index (κ3) is 4.30. The van der Waals surface area contributed by atoms with Crippen molar-refractivity contribution < 1.29 is 0 Å². The smallest absolute Gasteiger partial charge is 0.181 e. The zero-order valence-electron chi connectivity index (χ0n) is 25.8. The van der Waals surface area contributed by atoms with Crippen LogP contribution >= 0.6 is 11.3 Å². The number of nitrogens with zero attached hydrogens (tertiary/aromatic N) is 1. The second-order valence-electron chi connectivity index (χ2n) is 11.9. The van der Waals surface area contributed by atoms with Crippen molar-refractivity contribution in [2.24, 2.45) is 0 Å². The van der Waals surface area contributed by atoms with Gasteiger partial charge < -0.3 is 4.57 Å². The highest BCUT2D eigenvalue weighted by Gasteiger charge is 2.43. The molecule has 8 aromatic rings. The van der Waals surface area contributed by atoms with Gasteiger partial charge in [0.2, 0.25) is 0 Å². The van der Waals surface area contributed by atoms with Gasteiger partial charge in [0.25, 0.3) is 0 Å². The fraction of sp³-hybridized carbons (Fsp3) is 0.0698. The van der Waals surface area contributed by atoms with Gasteiger partial charge in [-0.2, -0.15) is 0 Å². The van der Waals surface area contributed by atoms with Gasteiger partial charge in [0.15, 0.2) is 8.07 Å². The highest BCUT2D eigenvalue weighted by atomic mass is 32.1. The number of aromatic nitrogens is 1. The fourth-order valence-electron chi connectivity index (χ4n) is 7.49. The Morgan fingerprint density at radius 3 is 1.96 bits per heavy atom. The van der Waals surface area contributed by atoms with Crippen molar-refractivity contribution in [3.05, 3.63) is 163 Å². The third-order valence-electron chi connectivity index (χ3n) is 9.36. The molecule has 0 atom stereocenters. The van der Waals surface area contributed by atoms with E-state index in [1.54, 1.807) is 0 Å². The van der Waals surface area contributed by atoms with E-state index in [1.165, 1.54) is 46.6 Å². The van der Waals surface area contributed by atoms with Gasteiger partial charge >= 0.3 is 0 Å². The molecule has 0 saturated heterocycles. The lowest BCUT2D eigenvalue weighted by Gasteiger charge is -2.35. The van der Waals surface area contributed by atoms with Crippen LogP contribution in [0.5, 0.6) is 0 Å². The van der Waals surface area contributed by atoms with Gasteiger partial charge in [-0.05, 0) is 51.4 Å². The first-order valence-electron chi connectivity index (χ1n) is 16.0. The number of rotatable bonds is 7. The van der Waals surface area contributed by atoms with Crippen molar-refractivity contribution in [1.82, 2.24) is 4.57 Å². The Bertz CT molecular complexity index is 2350. The van der Waals surface area contributed by atoms with E-state index in [-0.39, 0.29) is 0 Å². The molecule has 8 rings (SSSR count). The van der Waals surface area contributed by atoms with E-state index in [2.05, 4.69) is 169 Å². The largest absolute Gasteiger partial charge is 0.312 e. The number of thiophene rings is 1. The molecule has 2 aromatic heterocycles. The zero-order chi connectivity index (χ0) is 31.1. The summed E-state index contributed by atoms with van der Waals surface area (Å²) in [6, 6.07) is 56.2. The molecule has 0 aliphatic heterocycles. The molecule has 220 valence electrons. The topological polar surface area (TPSA) is 4.93 Å². The molecular formula is C43H33NSSi. The van der Waals surface area contributed by atoms with Gasteiger partial charge in [-0.25, -0.2) is 0 Å². The Kier molecular flexibility index (Phi) is 7.18. The monoisotopic (exact) mass is 623 g/mol. The number of hydrogen-bond acceptors (Lipinski definition) is 1. The van der Waals surface area contributed by atoms with Crippen LogP contribution in [0, 0.1) is 12.3 Å². The van der Waals surface area contributed by atoms with Gasteiger partial charge in [0.05, 0.1) is 11.1 Å². The van der Waals surface area contributed by atoms with Gasteiger partial charge in [-0.1, -0.05) is 147 Å². The van der Waals surface area contributed by atoms with Crippen molar-refractivity contribution in [3.63, 3.8) is 0 Å². The highest BCUT2D eigenvalue weighted by molar-refractivity contribution is 7.30. The second kappa shape index (κ2) is 11.7. The normalized spacial score (nSPS) is 11.7. The standard InChI is InChI=1S/C43H33NSSi/c1-3-17-39-35(4-2)36-24-11-13-27-40(36)44(39)31-18-15-23-34(30-31)46(32-19-7-5-8-20-32,33-21-9-6-10-22-33)42-29-16-26-38-37-25-12-14-28-41(37)45-43(38)42/h2,5-16,18-30H,3,17H2,1H3. The summed E-state index contributed by atoms with van der Waals surface area (Å²) in [7, 11) is -2.84. The number of para-hydroxylation sites is 1. The third-order valence-corrected chi connectivity index (χ3v) is 15.6. The number of terminal acetylenes is 1. The quantitative estimate of drug-likeness (QED) is 0.0956. The van der Waals surface area contributed by atoms with Crippen LogP contribution in [-0.2, 0) is 6.42 Å². The molecule has 0 N–H and O–H groups in total. The number of hydrogen-bond donors (Lipinski definition) is 0. The maximum atomic E-state index is 6.20. The molecule has 6 aromatic carbocycles. The molecule has 0 fully saturated rings. The number of benzene rings is 6. The van der Waals surface area contributed by atoms with Crippen molar-refractivity contribution in [2.75, 3.05) is 0 Å². The predicted octanol–water partition coefficient (Wildman–Crippen LogP) is 8.31. The van der Waals surface area contributed by atoms with E-state index in [1.807, 2.05) is 11.3 Å². The van der Waals surface area contributed by atoms with Gasteiger partial charge in [0, 0.05) is 36.9 Å². The Morgan fingerprint density at radius 2 is 1.24 bits per heavy atom. The minimum absolute atomic E-state index is 0.916. The lowest BCUT2D eigenvalue weighted by atomic mass is 10.1. The van der Waals surface area contributed by atoms with E-state index >= 15 is 0 Å². The van der Waals surface area contributed by atoms with Gasteiger partial charge in [0.1, 0.15) is 0 Å². The first-order valence-corrected chi connectivity index (χ1v) is 18.8. The van der Waals surface area contributed by atoms with E-state index in [0.29, 0.717) is 0 Å². The minimum atomic E-state index is -2.84. The molecule has 0 aliphatic rings. The minimum Gasteiger partial charge on any atom is -0.312 e. The lowest BCUT2D eigenvalue weighted by Crippen LogP contribution is -2.74. The summed E-state index contributed by atoms with van der Waals surface area (Å²) >= 11 is 1.92. The lowest BCUT2D eigenvalue weighted by molar-refractivity contribution is 0.851. The molecule has 0 bridgehead atoms. The summed E-state index contributed by atoms with van der Waals surface area (Å²) in [4.78, 5) is 0. The van der Waals surface area contributed by atoms with Crippen LogP contribution in [0.2, 0.25) is 0 Å². The van der Waals surface area contributed by atoms with Gasteiger partial charge in [-0.3, -0.25) is 0 Å². The summed E-state index contributed by atoms with van der Waals surface area (Å²) in [6.45, 7) is 2.23. The van der Waals surface area contributed by atoms with Crippen molar-refractivity contribution in [1.29, 1.82) is 0 Å². The van der Waals surface area contributed by atoms with E-state index in [9.17, 15) is 0 Å². The molecule has 2 heterocycles. The summed E-state index contributed by atoms with van der Waals surface area (Å²) in [6.07, 6.45) is 8.13. The van der Waals surface area contributed by atoms with E-state index < -0.39 is 8.07 Å². The molecule has 1 nitrogen and oxygen atoms in total. The highest BCUT2D eigenvalue weighted by Crippen LogP contribution is 2.34. The Morgan fingerprint density at radius 1 is 0.630 bits per heavy atom. The molecule has 0 saturated carbocycles. The summed E-state index contributed by atoms with van der Waals surface area (Å²) in [5.74, 6) is 3.06. The zero-order valence-corrected chi connectivity index (χ0v) is 27.6. The van der Waals surface area contributed by atoms with Crippen LogP contribution in [0.4, 0.5) is 0 Å². The van der Waals surface area contributed by atoms with Crippen LogP contribution in [0.15, 0.2) is 152 Å². The van der Waals surface area contributed by atoms with Crippen LogP contribution in [-0.4, -0.2) is 12.6 Å². The molecule has 3 heteroatoms. The van der Waals surface area contributed by atoms with Crippen LogP contribution in [0.1, 0.15) is 24.6 Å². The average molecular weight is 624 g/mol. The Labute approximate surface area is 275 Å². The summed E-state index contributed by atoms with van der Waals surface area (Å²) < 4.78 is 5.13. The first kappa shape index (κ1) is 28.3. The molecule has 0 unspecified atom stereocenters. The van der Waals surface area contributed by atoms with Crippen molar-refractivity contribution in [3.8, 4) is 18.0 Å². The average Bonchev–Trinajstić information content (AvgIpc) is 3.66. The SMILES string of the molecule is C#Cc1c(CCC)n(-c2cccc([Si](c3ccccc3)(c3ccccc3)c3cccc4c3sc3ccccc34)c2)c2ccccc12. The maximum absolute atomic E-state index is 6.20. The second-order valence-corrected chi connectivity index (χ2v) is 16.7. The molecule has 46 heavy (non-hydrogen) atoms. The Balaban J connectivity index is 1.51. The summed E-state index contributed by atoms with van der Waals surface area (Å²) in [5.41, 5.74) is 4.54.